The minimum atomic E-state index is -4.22. The van der Waals surface area contributed by atoms with E-state index in [2.05, 4.69) is 23.4 Å². The number of nitrogens with two attached hydrogens (primary N) is 1. The molecule has 2 heterocycles. The topological polar surface area (TPSA) is 72.5 Å². The molecular formula is C23H24F2N2O2S2. The van der Waals surface area contributed by atoms with Crippen LogP contribution in [-0.2, 0) is 9.84 Å². The second kappa shape index (κ2) is 8.21. The molecule has 0 spiro atoms. The van der Waals surface area contributed by atoms with Gasteiger partial charge in [-0.2, -0.15) is 0 Å². The van der Waals surface area contributed by atoms with Crippen LogP contribution < -0.4 is 5.73 Å². The standard InChI is InChI=1S/C23H24F2N2O2S2/c1-5-6-17-8-10-20-18(11-17)16(3)19(30-20)9-7-15(2)22(4)14-31(28,29)23(12-24,13-25)21(26)27-22/h7-11H,2,12-14H2,1,3-4H3,(H2,26,27)/b9-7-/t22-/m0/s1. The summed E-state index contributed by atoms with van der Waals surface area (Å²) >= 11 is 1.59. The number of thiophene rings is 1. The normalized spacial score (nSPS) is 22.2. The molecule has 1 atom stereocenters. The number of fused-ring (bicyclic) bond motifs is 1. The SMILES string of the molecule is C=C(/C=C\c1sc2ccc(C#CC)cc2c1C)[C@]1(C)CS(=O)(=O)C(CF)(CF)C(N)=N1. The Bertz CT molecular complexity index is 1280. The van der Waals surface area contributed by atoms with Crippen molar-refractivity contribution >= 4 is 43.2 Å². The fourth-order valence-electron chi connectivity index (χ4n) is 3.55. The maximum absolute atomic E-state index is 13.5. The summed E-state index contributed by atoms with van der Waals surface area (Å²) in [6.45, 7) is 6.41. The van der Waals surface area contributed by atoms with Crippen LogP contribution in [0.15, 0.2) is 41.4 Å². The summed E-state index contributed by atoms with van der Waals surface area (Å²) in [5.41, 5.74) is 6.85. The lowest BCUT2D eigenvalue weighted by Crippen LogP contribution is -2.62. The number of hydrogen-bond donors (Lipinski definition) is 1. The number of halogens is 2. The molecule has 1 aromatic carbocycles. The molecule has 0 aliphatic carbocycles. The number of nitrogens with zero attached hydrogens (tertiary/aromatic N) is 1. The Hall–Kier alpha value is -2.50. The third-order valence-corrected chi connectivity index (χ3v) is 9.50. The summed E-state index contributed by atoms with van der Waals surface area (Å²) in [7, 11) is -4.22. The molecule has 4 nitrogen and oxygen atoms in total. The Balaban J connectivity index is 1.97. The maximum Gasteiger partial charge on any atom is 0.185 e. The van der Waals surface area contributed by atoms with E-state index in [1.54, 1.807) is 31.3 Å². The molecule has 164 valence electrons. The van der Waals surface area contributed by atoms with E-state index in [4.69, 9.17) is 5.73 Å². The van der Waals surface area contributed by atoms with Crippen LogP contribution in [0.5, 0.6) is 0 Å². The average Bonchev–Trinajstić information content (AvgIpc) is 3.01. The fourth-order valence-corrected chi connectivity index (χ4v) is 6.60. The van der Waals surface area contributed by atoms with Gasteiger partial charge in [0, 0.05) is 15.1 Å². The maximum atomic E-state index is 13.5. The number of alkyl halides is 2. The first-order chi connectivity index (χ1) is 14.5. The average molecular weight is 463 g/mol. The van der Waals surface area contributed by atoms with E-state index in [-0.39, 0.29) is 0 Å². The second-order valence-electron chi connectivity index (χ2n) is 7.83. The van der Waals surface area contributed by atoms with Crippen LogP contribution in [0.4, 0.5) is 8.78 Å². The molecule has 0 unspecified atom stereocenters. The van der Waals surface area contributed by atoms with Gasteiger partial charge in [0.2, 0.25) is 0 Å². The molecule has 3 rings (SSSR count). The molecule has 0 fully saturated rings. The quantitative estimate of drug-likeness (QED) is 0.530. The second-order valence-corrected chi connectivity index (χ2v) is 11.2. The zero-order valence-corrected chi connectivity index (χ0v) is 19.3. The van der Waals surface area contributed by atoms with E-state index < -0.39 is 45.1 Å². The van der Waals surface area contributed by atoms with Crippen LogP contribution in [0.3, 0.4) is 0 Å². The van der Waals surface area contributed by atoms with Crippen molar-refractivity contribution in [1.82, 2.24) is 0 Å². The molecule has 1 aromatic heterocycles. The molecule has 0 saturated carbocycles. The summed E-state index contributed by atoms with van der Waals surface area (Å²) < 4.78 is 51.1. The molecule has 2 N–H and O–H groups in total. The Morgan fingerprint density at radius 3 is 2.65 bits per heavy atom. The van der Waals surface area contributed by atoms with Gasteiger partial charge >= 0.3 is 0 Å². The van der Waals surface area contributed by atoms with Gasteiger partial charge < -0.3 is 5.73 Å². The lowest BCUT2D eigenvalue weighted by Gasteiger charge is -2.39. The van der Waals surface area contributed by atoms with Crippen molar-refractivity contribution in [2.45, 2.75) is 31.1 Å². The van der Waals surface area contributed by atoms with Gasteiger partial charge in [-0.3, -0.25) is 4.99 Å². The van der Waals surface area contributed by atoms with Gasteiger partial charge in [0.1, 0.15) is 19.2 Å². The third-order valence-electron chi connectivity index (χ3n) is 5.70. The number of benzene rings is 1. The van der Waals surface area contributed by atoms with Crippen molar-refractivity contribution in [1.29, 1.82) is 0 Å². The number of sulfone groups is 1. The Labute approximate surface area is 185 Å². The van der Waals surface area contributed by atoms with E-state index in [1.165, 1.54) is 0 Å². The van der Waals surface area contributed by atoms with Crippen LogP contribution in [0.25, 0.3) is 16.2 Å². The zero-order valence-electron chi connectivity index (χ0n) is 17.6. The summed E-state index contributed by atoms with van der Waals surface area (Å²) in [5.74, 6) is 4.82. The smallest absolute Gasteiger partial charge is 0.185 e. The van der Waals surface area contributed by atoms with Crippen LogP contribution in [-0.4, -0.2) is 43.6 Å². The molecule has 8 heteroatoms. The lowest BCUT2D eigenvalue weighted by atomic mass is 9.94. The molecular weight excluding hydrogens is 438 g/mol. The van der Waals surface area contributed by atoms with Gasteiger partial charge in [0.25, 0.3) is 0 Å². The highest BCUT2D eigenvalue weighted by Gasteiger charge is 2.55. The minimum Gasteiger partial charge on any atom is -0.386 e. The zero-order chi connectivity index (χ0) is 23.0. The molecule has 31 heavy (non-hydrogen) atoms. The van der Waals surface area contributed by atoms with Gasteiger partial charge in [0.05, 0.1) is 11.3 Å². The largest absolute Gasteiger partial charge is 0.386 e. The molecule has 0 saturated heterocycles. The van der Waals surface area contributed by atoms with Crippen molar-refractivity contribution in [3.05, 3.63) is 52.4 Å². The molecule has 0 radical (unpaired) electrons. The summed E-state index contributed by atoms with van der Waals surface area (Å²) in [6, 6.07) is 6.03. The highest BCUT2D eigenvalue weighted by molar-refractivity contribution is 7.93. The number of aryl methyl sites for hydroxylation is 1. The van der Waals surface area contributed by atoms with Crippen LogP contribution in [0, 0.1) is 18.8 Å². The van der Waals surface area contributed by atoms with Crippen molar-refractivity contribution in [2.24, 2.45) is 10.7 Å². The first kappa shape index (κ1) is 23.2. The minimum absolute atomic E-state index is 0.389. The van der Waals surface area contributed by atoms with Crippen LogP contribution >= 0.6 is 11.3 Å². The molecule has 1 aliphatic rings. The van der Waals surface area contributed by atoms with E-state index in [0.717, 1.165) is 26.1 Å². The Morgan fingerprint density at radius 1 is 1.39 bits per heavy atom. The van der Waals surface area contributed by atoms with E-state index in [1.807, 2.05) is 31.2 Å². The highest BCUT2D eigenvalue weighted by atomic mass is 32.2. The van der Waals surface area contributed by atoms with Gasteiger partial charge in [0.15, 0.2) is 14.6 Å². The van der Waals surface area contributed by atoms with Crippen molar-refractivity contribution < 1.29 is 17.2 Å². The van der Waals surface area contributed by atoms with Crippen molar-refractivity contribution in [2.75, 3.05) is 19.1 Å². The summed E-state index contributed by atoms with van der Waals surface area (Å²) in [6.07, 6.45) is 3.54. The monoisotopic (exact) mass is 462 g/mol. The molecule has 2 aromatic rings. The van der Waals surface area contributed by atoms with E-state index in [0.29, 0.717) is 5.57 Å². The third kappa shape index (κ3) is 3.81. The summed E-state index contributed by atoms with van der Waals surface area (Å²) in [4.78, 5) is 5.17. The van der Waals surface area contributed by atoms with Gasteiger partial charge in [-0.05, 0) is 61.6 Å². The summed E-state index contributed by atoms with van der Waals surface area (Å²) in [5, 5.41) is 1.10. The number of aliphatic imine (C=N–C) groups is 1. The number of hydrogen-bond acceptors (Lipinski definition) is 5. The van der Waals surface area contributed by atoms with E-state index >= 15 is 0 Å². The molecule has 1 aliphatic heterocycles. The van der Waals surface area contributed by atoms with Crippen LogP contribution in [0.2, 0.25) is 0 Å². The first-order valence-corrected chi connectivity index (χ1v) is 12.0. The first-order valence-electron chi connectivity index (χ1n) is 9.57. The van der Waals surface area contributed by atoms with Gasteiger partial charge in [-0.1, -0.05) is 18.6 Å². The predicted molar refractivity (Wildman–Crippen MR) is 126 cm³/mol. The van der Waals surface area contributed by atoms with Crippen molar-refractivity contribution in [3.8, 4) is 11.8 Å². The lowest BCUT2D eigenvalue weighted by molar-refractivity contribution is 0.349. The van der Waals surface area contributed by atoms with E-state index in [9.17, 15) is 17.2 Å². The highest BCUT2D eigenvalue weighted by Crippen LogP contribution is 2.37. The molecule has 0 bridgehead atoms. The fraction of sp³-hybridized carbons (Fsp3) is 0.348. The van der Waals surface area contributed by atoms with Gasteiger partial charge in [-0.25, -0.2) is 17.2 Å². The number of amidine groups is 1. The molecule has 0 amide bonds. The number of rotatable bonds is 5. The van der Waals surface area contributed by atoms with Crippen LogP contribution in [0.1, 0.15) is 29.9 Å². The Kier molecular flexibility index (Phi) is 6.14. The van der Waals surface area contributed by atoms with Crippen molar-refractivity contribution in [3.63, 3.8) is 0 Å². The Morgan fingerprint density at radius 2 is 2.06 bits per heavy atom. The van der Waals surface area contributed by atoms with Gasteiger partial charge in [-0.15, -0.1) is 17.3 Å². The predicted octanol–water partition coefficient (Wildman–Crippen LogP) is 4.37.